The SMILES string of the molecule is CCN(CCC(=O)O)Cc1cc(F)cc2cccnc12. The Labute approximate surface area is 116 Å². The molecule has 0 atom stereocenters. The largest absolute Gasteiger partial charge is 0.481 e. The Morgan fingerprint density at radius 3 is 2.95 bits per heavy atom. The molecule has 0 fully saturated rings. The van der Waals surface area contributed by atoms with Crippen LogP contribution < -0.4 is 0 Å². The normalized spacial score (nSPS) is 11.2. The predicted molar refractivity (Wildman–Crippen MR) is 74.9 cm³/mol. The molecule has 1 aromatic heterocycles. The van der Waals surface area contributed by atoms with E-state index in [0.717, 1.165) is 16.5 Å². The molecule has 1 heterocycles. The number of carbonyl (C=O) groups is 1. The third kappa shape index (κ3) is 3.51. The van der Waals surface area contributed by atoms with Crippen molar-refractivity contribution in [3.05, 3.63) is 41.8 Å². The van der Waals surface area contributed by atoms with Crippen LogP contribution in [-0.4, -0.2) is 34.0 Å². The summed E-state index contributed by atoms with van der Waals surface area (Å²) < 4.78 is 13.6. The molecule has 4 nitrogen and oxygen atoms in total. The molecule has 106 valence electrons. The van der Waals surface area contributed by atoms with Gasteiger partial charge in [-0.2, -0.15) is 0 Å². The highest BCUT2D eigenvalue weighted by Crippen LogP contribution is 2.20. The number of halogens is 1. The predicted octanol–water partition coefficient (Wildman–Crippen LogP) is 2.67. The Morgan fingerprint density at radius 2 is 2.25 bits per heavy atom. The van der Waals surface area contributed by atoms with Crippen LogP contribution >= 0.6 is 0 Å². The van der Waals surface area contributed by atoms with Crippen LogP contribution in [0.5, 0.6) is 0 Å². The molecule has 0 bridgehead atoms. The molecule has 0 unspecified atom stereocenters. The van der Waals surface area contributed by atoms with E-state index in [1.165, 1.54) is 12.1 Å². The van der Waals surface area contributed by atoms with E-state index in [1.54, 1.807) is 12.3 Å². The summed E-state index contributed by atoms with van der Waals surface area (Å²) >= 11 is 0. The van der Waals surface area contributed by atoms with Gasteiger partial charge in [0.25, 0.3) is 0 Å². The highest BCUT2D eigenvalue weighted by molar-refractivity contribution is 5.81. The average molecular weight is 276 g/mol. The number of fused-ring (bicyclic) bond motifs is 1. The van der Waals surface area contributed by atoms with Crippen molar-refractivity contribution in [2.24, 2.45) is 0 Å². The van der Waals surface area contributed by atoms with Gasteiger partial charge in [0.05, 0.1) is 11.9 Å². The minimum atomic E-state index is -0.828. The third-order valence-electron chi connectivity index (χ3n) is 3.23. The van der Waals surface area contributed by atoms with Crippen LogP contribution in [0.2, 0.25) is 0 Å². The number of benzene rings is 1. The second-order valence-electron chi connectivity index (χ2n) is 4.65. The summed E-state index contributed by atoms with van der Waals surface area (Å²) in [5.74, 6) is -1.12. The van der Waals surface area contributed by atoms with E-state index >= 15 is 0 Å². The lowest BCUT2D eigenvalue weighted by atomic mass is 10.1. The van der Waals surface area contributed by atoms with Gasteiger partial charge >= 0.3 is 5.97 Å². The van der Waals surface area contributed by atoms with Gasteiger partial charge in [-0.15, -0.1) is 0 Å². The van der Waals surface area contributed by atoms with Crippen molar-refractivity contribution in [3.63, 3.8) is 0 Å². The third-order valence-corrected chi connectivity index (χ3v) is 3.23. The van der Waals surface area contributed by atoms with Crippen LogP contribution in [0, 0.1) is 5.82 Å². The molecule has 1 aromatic carbocycles. The molecular weight excluding hydrogens is 259 g/mol. The number of carboxylic acids is 1. The minimum absolute atomic E-state index is 0.0779. The molecule has 0 amide bonds. The summed E-state index contributed by atoms with van der Waals surface area (Å²) in [6, 6.07) is 6.52. The van der Waals surface area contributed by atoms with E-state index < -0.39 is 5.97 Å². The zero-order valence-corrected chi connectivity index (χ0v) is 11.3. The summed E-state index contributed by atoms with van der Waals surface area (Å²) in [6.07, 6.45) is 1.76. The summed E-state index contributed by atoms with van der Waals surface area (Å²) in [5, 5.41) is 9.50. The van der Waals surface area contributed by atoms with E-state index in [1.807, 2.05) is 17.9 Å². The maximum atomic E-state index is 13.6. The van der Waals surface area contributed by atoms with E-state index in [2.05, 4.69) is 4.98 Å². The van der Waals surface area contributed by atoms with Crippen molar-refractivity contribution in [1.82, 2.24) is 9.88 Å². The number of nitrogens with zero attached hydrogens (tertiary/aromatic N) is 2. The van der Waals surface area contributed by atoms with E-state index in [-0.39, 0.29) is 12.2 Å². The van der Waals surface area contributed by atoms with E-state index in [4.69, 9.17) is 5.11 Å². The lowest BCUT2D eigenvalue weighted by molar-refractivity contribution is -0.137. The molecule has 1 N–H and O–H groups in total. The molecule has 0 aliphatic carbocycles. The highest BCUT2D eigenvalue weighted by Gasteiger charge is 2.11. The first-order chi connectivity index (χ1) is 9.60. The quantitative estimate of drug-likeness (QED) is 0.881. The number of hydrogen-bond acceptors (Lipinski definition) is 3. The molecule has 0 radical (unpaired) electrons. The Balaban J connectivity index is 2.25. The summed E-state index contributed by atoms with van der Waals surface area (Å²) in [5.41, 5.74) is 1.55. The van der Waals surface area contributed by atoms with Crippen molar-refractivity contribution in [3.8, 4) is 0 Å². The fourth-order valence-corrected chi connectivity index (χ4v) is 2.19. The van der Waals surface area contributed by atoms with Crippen LogP contribution in [0.3, 0.4) is 0 Å². The molecule has 0 saturated carbocycles. The Bertz CT molecular complexity index is 616. The lowest BCUT2D eigenvalue weighted by Gasteiger charge is -2.20. The van der Waals surface area contributed by atoms with Crippen molar-refractivity contribution in [2.45, 2.75) is 19.9 Å². The maximum Gasteiger partial charge on any atom is 0.304 e. The van der Waals surface area contributed by atoms with Gasteiger partial charge in [0.15, 0.2) is 0 Å². The zero-order chi connectivity index (χ0) is 14.5. The van der Waals surface area contributed by atoms with Gasteiger partial charge in [-0.3, -0.25) is 14.7 Å². The Hall–Kier alpha value is -2.01. The molecule has 2 aromatic rings. The fourth-order valence-electron chi connectivity index (χ4n) is 2.19. The number of pyridine rings is 1. The Kier molecular flexibility index (Phi) is 4.63. The van der Waals surface area contributed by atoms with Crippen molar-refractivity contribution in [1.29, 1.82) is 0 Å². The second-order valence-corrected chi connectivity index (χ2v) is 4.65. The summed E-state index contributed by atoms with van der Waals surface area (Å²) in [4.78, 5) is 16.9. The monoisotopic (exact) mass is 276 g/mol. The number of rotatable bonds is 6. The van der Waals surface area contributed by atoms with Crippen molar-refractivity contribution in [2.75, 3.05) is 13.1 Å². The van der Waals surface area contributed by atoms with Gasteiger partial charge in [0.2, 0.25) is 0 Å². The first-order valence-electron chi connectivity index (χ1n) is 6.57. The minimum Gasteiger partial charge on any atom is -0.481 e. The molecular formula is C15H17FN2O2. The fraction of sp³-hybridized carbons (Fsp3) is 0.333. The highest BCUT2D eigenvalue weighted by atomic mass is 19.1. The van der Waals surface area contributed by atoms with Gasteiger partial charge in [0.1, 0.15) is 5.82 Å². The van der Waals surface area contributed by atoms with Gasteiger partial charge in [-0.25, -0.2) is 4.39 Å². The maximum absolute atomic E-state index is 13.6. The molecule has 5 heteroatoms. The summed E-state index contributed by atoms with van der Waals surface area (Å²) in [7, 11) is 0. The van der Waals surface area contributed by atoms with Crippen LogP contribution in [0.25, 0.3) is 10.9 Å². The van der Waals surface area contributed by atoms with Crippen LogP contribution in [0.15, 0.2) is 30.5 Å². The first kappa shape index (κ1) is 14.4. The van der Waals surface area contributed by atoms with E-state index in [0.29, 0.717) is 19.6 Å². The number of aliphatic carboxylic acids is 1. The zero-order valence-electron chi connectivity index (χ0n) is 11.3. The van der Waals surface area contributed by atoms with Gasteiger partial charge < -0.3 is 5.11 Å². The molecule has 0 spiro atoms. The van der Waals surface area contributed by atoms with Crippen molar-refractivity contribution >= 4 is 16.9 Å². The van der Waals surface area contributed by atoms with Gasteiger partial charge in [0, 0.05) is 24.7 Å². The standard InChI is InChI=1S/C15H17FN2O2/c1-2-18(7-5-14(19)20)10-12-9-13(16)8-11-4-3-6-17-15(11)12/h3-4,6,8-9H,2,5,7,10H2,1H3,(H,19,20). The van der Waals surface area contributed by atoms with Crippen LogP contribution in [-0.2, 0) is 11.3 Å². The van der Waals surface area contributed by atoms with Crippen molar-refractivity contribution < 1.29 is 14.3 Å². The summed E-state index contributed by atoms with van der Waals surface area (Å²) in [6.45, 7) is 3.60. The second kappa shape index (κ2) is 6.43. The average Bonchev–Trinajstić information content (AvgIpc) is 2.42. The first-order valence-corrected chi connectivity index (χ1v) is 6.57. The Morgan fingerprint density at radius 1 is 1.45 bits per heavy atom. The van der Waals surface area contributed by atoms with Crippen LogP contribution in [0.1, 0.15) is 18.9 Å². The molecule has 0 aliphatic rings. The molecule has 0 saturated heterocycles. The van der Waals surface area contributed by atoms with Crippen LogP contribution in [0.4, 0.5) is 4.39 Å². The van der Waals surface area contributed by atoms with E-state index in [9.17, 15) is 9.18 Å². The molecule has 20 heavy (non-hydrogen) atoms. The molecule has 2 rings (SSSR count). The van der Waals surface area contributed by atoms with Gasteiger partial charge in [-0.1, -0.05) is 13.0 Å². The number of aromatic nitrogens is 1. The molecule has 0 aliphatic heterocycles. The number of hydrogen-bond donors (Lipinski definition) is 1. The lowest BCUT2D eigenvalue weighted by Crippen LogP contribution is -2.26. The number of carboxylic acid groups (broad SMARTS) is 1. The smallest absolute Gasteiger partial charge is 0.304 e. The topological polar surface area (TPSA) is 53.4 Å². The van der Waals surface area contributed by atoms with Gasteiger partial charge in [-0.05, 0) is 30.3 Å².